The van der Waals surface area contributed by atoms with Crippen molar-refractivity contribution in [1.29, 1.82) is 0 Å². The van der Waals surface area contributed by atoms with Crippen LogP contribution < -0.4 is 4.74 Å². The first-order valence-electron chi connectivity index (χ1n) is 4.37. The van der Waals surface area contributed by atoms with Gasteiger partial charge in [0.25, 0.3) is 0 Å². The molecule has 1 aliphatic carbocycles. The van der Waals surface area contributed by atoms with Crippen LogP contribution in [0.5, 0.6) is 5.88 Å². The van der Waals surface area contributed by atoms with E-state index in [1.54, 1.807) is 19.4 Å². The molecule has 3 nitrogen and oxygen atoms in total. The third-order valence-corrected chi connectivity index (χ3v) is 2.32. The summed E-state index contributed by atoms with van der Waals surface area (Å²) >= 11 is 0. The Hall–Kier alpha value is -1.38. The Labute approximate surface area is 76.7 Å². The highest BCUT2D eigenvalue weighted by molar-refractivity contribution is 5.98. The summed E-state index contributed by atoms with van der Waals surface area (Å²) in [5, 5.41) is 0. The number of hydrogen-bond donors (Lipinski definition) is 0. The fourth-order valence-corrected chi connectivity index (χ4v) is 1.61. The van der Waals surface area contributed by atoms with Crippen LogP contribution >= 0.6 is 0 Å². The van der Waals surface area contributed by atoms with Crippen molar-refractivity contribution in [3.05, 3.63) is 23.4 Å². The molecule has 0 atom stereocenters. The van der Waals surface area contributed by atoms with Gasteiger partial charge in [-0.2, -0.15) is 0 Å². The van der Waals surface area contributed by atoms with Gasteiger partial charge in [0, 0.05) is 24.2 Å². The molecule has 0 unspecified atom stereocenters. The molecule has 0 radical (unpaired) electrons. The van der Waals surface area contributed by atoms with Crippen molar-refractivity contribution in [3.63, 3.8) is 0 Å². The third-order valence-electron chi connectivity index (χ3n) is 2.32. The number of aromatic nitrogens is 1. The molecule has 1 aromatic heterocycles. The first kappa shape index (κ1) is 8.23. The lowest BCUT2D eigenvalue weighted by Crippen LogP contribution is -2.11. The average molecular weight is 177 g/mol. The number of hydrogen-bond acceptors (Lipinski definition) is 3. The van der Waals surface area contributed by atoms with E-state index in [-0.39, 0.29) is 5.78 Å². The molecule has 1 heterocycles. The number of pyridine rings is 1. The standard InChI is InChI=1S/C10H11NO2/c1-13-10-5-8-7(6-11-10)3-2-4-9(8)12/h5-6H,2-4H2,1H3. The van der Waals surface area contributed by atoms with Crippen LogP contribution in [-0.4, -0.2) is 17.9 Å². The quantitative estimate of drug-likeness (QED) is 0.654. The van der Waals surface area contributed by atoms with Crippen molar-refractivity contribution in [2.24, 2.45) is 0 Å². The molecule has 13 heavy (non-hydrogen) atoms. The van der Waals surface area contributed by atoms with Gasteiger partial charge in [-0.15, -0.1) is 0 Å². The molecular formula is C10H11NO2. The van der Waals surface area contributed by atoms with Gasteiger partial charge in [-0.3, -0.25) is 4.79 Å². The minimum Gasteiger partial charge on any atom is -0.481 e. The van der Waals surface area contributed by atoms with E-state index in [1.165, 1.54) is 0 Å². The number of aryl methyl sites for hydroxylation is 1. The molecule has 3 heteroatoms. The second-order valence-electron chi connectivity index (χ2n) is 3.16. The van der Waals surface area contributed by atoms with E-state index in [0.29, 0.717) is 12.3 Å². The van der Waals surface area contributed by atoms with Crippen molar-refractivity contribution in [2.45, 2.75) is 19.3 Å². The highest BCUT2D eigenvalue weighted by Gasteiger charge is 2.17. The number of carbonyl (C=O) groups is 1. The molecule has 0 spiro atoms. The predicted octanol–water partition coefficient (Wildman–Crippen LogP) is 1.61. The molecular weight excluding hydrogens is 166 g/mol. The van der Waals surface area contributed by atoms with Crippen LogP contribution in [0.15, 0.2) is 12.3 Å². The number of Topliss-reactive ketones (excluding diaryl/α,β-unsaturated/α-hetero) is 1. The third kappa shape index (κ3) is 1.41. The largest absolute Gasteiger partial charge is 0.481 e. The summed E-state index contributed by atoms with van der Waals surface area (Å²) in [5.41, 5.74) is 1.84. The summed E-state index contributed by atoms with van der Waals surface area (Å²) in [4.78, 5) is 15.5. The smallest absolute Gasteiger partial charge is 0.213 e. The average Bonchev–Trinajstić information content (AvgIpc) is 2.18. The molecule has 0 aliphatic heterocycles. The molecule has 1 aromatic rings. The van der Waals surface area contributed by atoms with E-state index in [1.807, 2.05) is 0 Å². The Morgan fingerprint density at radius 3 is 3.08 bits per heavy atom. The summed E-state index contributed by atoms with van der Waals surface area (Å²) in [7, 11) is 1.56. The molecule has 0 bridgehead atoms. The number of carbonyl (C=O) groups excluding carboxylic acids is 1. The molecule has 0 N–H and O–H groups in total. The van der Waals surface area contributed by atoms with Gasteiger partial charge in [0.15, 0.2) is 5.78 Å². The first-order chi connectivity index (χ1) is 6.31. The summed E-state index contributed by atoms with van der Waals surface area (Å²) in [5.74, 6) is 0.732. The van der Waals surface area contributed by atoms with Gasteiger partial charge in [-0.05, 0) is 18.4 Å². The van der Waals surface area contributed by atoms with Crippen molar-refractivity contribution in [3.8, 4) is 5.88 Å². The monoisotopic (exact) mass is 177 g/mol. The zero-order valence-electron chi connectivity index (χ0n) is 7.54. The van der Waals surface area contributed by atoms with E-state index in [0.717, 1.165) is 24.0 Å². The number of fused-ring (bicyclic) bond motifs is 1. The van der Waals surface area contributed by atoms with Crippen LogP contribution in [-0.2, 0) is 6.42 Å². The van der Waals surface area contributed by atoms with Crippen LogP contribution in [0.3, 0.4) is 0 Å². The van der Waals surface area contributed by atoms with Crippen LogP contribution in [0.2, 0.25) is 0 Å². The zero-order chi connectivity index (χ0) is 9.26. The van der Waals surface area contributed by atoms with Crippen molar-refractivity contribution in [1.82, 2.24) is 4.98 Å². The number of rotatable bonds is 1. The lowest BCUT2D eigenvalue weighted by Gasteiger charge is -2.14. The van der Waals surface area contributed by atoms with Gasteiger partial charge in [0.2, 0.25) is 5.88 Å². The lowest BCUT2D eigenvalue weighted by molar-refractivity contribution is 0.0972. The van der Waals surface area contributed by atoms with Gasteiger partial charge in [-0.25, -0.2) is 4.98 Å². The molecule has 1 aliphatic rings. The fraction of sp³-hybridized carbons (Fsp3) is 0.400. The summed E-state index contributed by atoms with van der Waals surface area (Å²) in [6.45, 7) is 0. The Kier molecular flexibility index (Phi) is 2.00. The van der Waals surface area contributed by atoms with Crippen LogP contribution in [0.25, 0.3) is 0 Å². The Morgan fingerprint density at radius 1 is 1.46 bits per heavy atom. The molecule has 0 saturated heterocycles. The number of nitrogens with zero attached hydrogens (tertiary/aromatic N) is 1. The van der Waals surface area contributed by atoms with Gasteiger partial charge >= 0.3 is 0 Å². The number of methoxy groups -OCH3 is 1. The van der Waals surface area contributed by atoms with Crippen molar-refractivity contribution >= 4 is 5.78 Å². The van der Waals surface area contributed by atoms with E-state index in [2.05, 4.69) is 4.98 Å². The SMILES string of the molecule is COc1cc2c(cn1)CCCC2=O. The van der Waals surface area contributed by atoms with Gasteiger partial charge in [0.1, 0.15) is 0 Å². The summed E-state index contributed by atoms with van der Waals surface area (Å²) in [6, 6.07) is 1.73. The Bertz CT molecular complexity index is 347. The Morgan fingerprint density at radius 2 is 2.31 bits per heavy atom. The molecule has 0 saturated carbocycles. The maximum absolute atomic E-state index is 11.5. The molecule has 0 fully saturated rings. The topological polar surface area (TPSA) is 39.2 Å². The van der Waals surface area contributed by atoms with E-state index >= 15 is 0 Å². The Balaban J connectivity index is 2.47. The first-order valence-corrected chi connectivity index (χ1v) is 4.37. The van der Waals surface area contributed by atoms with E-state index in [9.17, 15) is 4.79 Å². The van der Waals surface area contributed by atoms with E-state index < -0.39 is 0 Å². The molecule has 0 aromatic carbocycles. The van der Waals surface area contributed by atoms with Gasteiger partial charge in [-0.1, -0.05) is 0 Å². The van der Waals surface area contributed by atoms with Gasteiger partial charge in [0.05, 0.1) is 7.11 Å². The number of ketones is 1. The maximum atomic E-state index is 11.5. The predicted molar refractivity (Wildman–Crippen MR) is 48.1 cm³/mol. The van der Waals surface area contributed by atoms with Crippen LogP contribution in [0, 0.1) is 0 Å². The van der Waals surface area contributed by atoms with Crippen LogP contribution in [0.1, 0.15) is 28.8 Å². The van der Waals surface area contributed by atoms with Gasteiger partial charge < -0.3 is 4.74 Å². The minimum absolute atomic E-state index is 0.210. The van der Waals surface area contributed by atoms with Crippen molar-refractivity contribution in [2.75, 3.05) is 7.11 Å². The summed E-state index contributed by atoms with van der Waals surface area (Å²) in [6.07, 6.45) is 4.29. The summed E-state index contributed by atoms with van der Waals surface area (Å²) < 4.78 is 4.97. The maximum Gasteiger partial charge on any atom is 0.213 e. The minimum atomic E-state index is 0.210. The second kappa shape index (κ2) is 3.17. The number of ether oxygens (including phenoxy) is 1. The molecule has 2 rings (SSSR count). The van der Waals surface area contributed by atoms with Crippen LogP contribution in [0.4, 0.5) is 0 Å². The highest BCUT2D eigenvalue weighted by Crippen LogP contribution is 2.22. The lowest BCUT2D eigenvalue weighted by atomic mass is 9.92. The van der Waals surface area contributed by atoms with E-state index in [4.69, 9.17) is 4.74 Å². The molecule has 0 amide bonds. The van der Waals surface area contributed by atoms with Crippen molar-refractivity contribution < 1.29 is 9.53 Å². The normalized spacial score (nSPS) is 15.3. The fourth-order valence-electron chi connectivity index (χ4n) is 1.61. The highest BCUT2D eigenvalue weighted by atomic mass is 16.5. The molecule has 68 valence electrons. The second-order valence-corrected chi connectivity index (χ2v) is 3.16. The zero-order valence-corrected chi connectivity index (χ0v) is 7.54.